The number of carboxylic acid groups (broad SMARTS) is 1. The van der Waals surface area contributed by atoms with Crippen LogP contribution >= 0.6 is 15.9 Å². The minimum atomic E-state index is -0.684. The molecule has 0 saturated carbocycles. The Bertz CT molecular complexity index is 754. The first-order valence-electron chi connectivity index (χ1n) is 8.75. The van der Waals surface area contributed by atoms with Crippen molar-refractivity contribution in [2.24, 2.45) is 5.92 Å². The molecule has 1 saturated heterocycles. The molecule has 1 aliphatic heterocycles. The highest BCUT2D eigenvalue weighted by molar-refractivity contribution is 9.10. The largest absolute Gasteiger partial charge is 0.481 e. The van der Waals surface area contributed by atoms with Gasteiger partial charge >= 0.3 is 5.97 Å². The molecule has 2 atom stereocenters. The van der Waals surface area contributed by atoms with E-state index < -0.39 is 5.97 Å². The van der Waals surface area contributed by atoms with Crippen LogP contribution in [0, 0.1) is 19.8 Å². The van der Waals surface area contributed by atoms with Crippen molar-refractivity contribution in [1.82, 2.24) is 4.90 Å². The van der Waals surface area contributed by atoms with E-state index in [0.717, 1.165) is 23.9 Å². The van der Waals surface area contributed by atoms with E-state index >= 15 is 0 Å². The molecule has 1 fully saturated rings. The number of halogens is 1. The Hall–Kier alpha value is -1.65. The SMILES string of the molecule is Cc1cc(C)cc(C(c2ccccc2Br)N2CCCC(C(=O)O)C2)c1. The summed E-state index contributed by atoms with van der Waals surface area (Å²) in [6.45, 7) is 5.74. The predicted molar refractivity (Wildman–Crippen MR) is 104 cm³/mol. The van der Waals surface area contributed by atoms with Crippen LogP contribution in [0.15, 0.2) is 46.9 Å². The molecule has 0 bridgehead atoms. The summed E-state index contributed by atoms with van der Waals surface area (Å²) < 4.78 is 1.07. The molecule has 3 nitrogen and oxygen atoms in total. The van der Waals surface area contributed by atoms with E-state index in [-0.39, 0.29) is 12.0 Å². The summed E-state index contributed by atoms with van der Waals surface area (Å²) >= 11 is 3.70. The normalized spacial score (nSPS) is 19.6. The van der Waals surface area contributed by atoms with E-state index in [1.54, 1.807) is 0 Å². The van der Waals surface area contributed by atoms with Crippen LogP contribution in [0.1, 0.15) is 41.1 Å². The molecule has 0 amide bonds. The molecule has 1 heterocycles. The molecule has 0 spiro atoms. The van der Waals surface area contributed by atoms with Gasteiger partial charge in [-0.05, 0) is 50.4 Å². The second kappa shape index (κ2) is 7.71. The minimum absolute atomic E-state index is 0.0660. The van der Waals surface area contributed by atoms with Crippen LogP contribution in [-0.4, -0.2) is 29.1 Å². The van der Waals surface area contributed by atoms with Gasteiger partial charge in [0.15, 0.2) is 0 Å². The number of benzene rings is 2. The maximum Gasteiger partial charge on any atom is 0.307 e. The lowest BCUT2D eigenvalue weighted by Gasteiger charge is -2.38. The van der Waals surface area contributed by atoms with Crippen LogP contribution in [0.2, 0.25) is 0 Å². The van der Waals surface area contributed by atoms with E-state index in [0.29, 0.717) is 6.54 Å². The van der Waals surface area contributed by atoms with Gasteiger partial charge < -0.3 is 5.11 Å². The molecule has 2 unspecified atom stereocenters. The van der Waals surface area contributed by atoms with E-state index in [1.165, 1.54) is 22.3 Å². The lowest BCUT2D eigenvalue weighted by Crippen LogP contribution is -2.41. The molecule has 4 heteroatoms. The number of piperidine rings is 1. The second-order valence-corrected chi connectivity index (χ2v) is 7.87. The third-order valence-corrected chi connectivity index (χ3v) is 5.65. The highest BCUT2D eigenvalue weighted by Gasteiger charge is 2.32. The van der Waals surface area contributed by atoms with Gasteiger partial charge in [-0.15, -0.1) is 0 Å². The zero-order valence-electron chi connectivity index (χ0n) is 14.7. The Morgan fingerprint density at radius 3 is 2.52 bits per heavy atom. The third-order valence-electron chi connectivity index (χ3n) is 4.93. The maximum atomic E-state index is 11.5. The third kappa shape index (κ3) is 4.13. The van der Waals surface area contributed by atoms with Crippen LogP contribution in [-0.2, 0) is 4.79 Å². The van der Waals surface area contributed by atoms with Gasteiger partial charge in [-0.2, -0.15) is 0 Å². The molecule has 2 aromatic carbocycles. The van der Waals surface area contributed by atoms with Crippen molar-refractivity contribution in [3.8, 4) is 0 Å². The lowest BCUT2D eigenvalue weighted by molar-refractivity contribution is -0.143. The molecule has 2 aromatic rings. The summed E-state index contributed by atoms with van der Waals surface area (Å²) in [5.41, 5.74) is 4.90. The smallest absolute Gasteiger partial charge is 0.307 e. The predicted octanol–water partition coefficient (Wildman–Crippen LogP) is 4.95. The van der Waals surface area contributed by atoms with Crippen molar-refractivity contribution in [2.45, 2.75) is 32.7 Å². The first kappa shape index (κ1) is 18.2. The van der Waals surface area contributed by atoms with Gasteiger partial charge in [-0.3, -0.25) is 9.69 Å². The average molecular weight is 402 g/mol. The van der Waals surface area contributed by atoms with Gasteiger partial charge in [-0.1, -0.05) is 63.5 Å². The minimum Gasteiger partial charge on any atom is -0.481 e. The zero-order chi connectivity index (χ0) is 18.0. The molecule has 1 N–H and O–H groups in total. The topological polar surface area (TPSA) is 40.5 Å². The first-order chi connectivity index (χ1) is 12.0. The molecular weight excluding hydrogens is 378 g/mol. The van der Waals surface area contributed by atoms with Crippen LogP contribution in [0.25, 0.3) is 0 Å². The number of rotatable bonds is 4. The fraction of sp³-hybridized carbons (Fsp3) is 0.381. The van der Waals surface area contributed by atoms with E-state index in [4.69, 9.17) is 0 Å². The Kier molecular flexibility index (Phi) is 5.60. The van der Waals surface area contributed by atoms with Gasteiger partial charge in [-0.25, -0.2) is 0 Å². The van der Waals surface area contributed by atoms with Gasteiger partial charge in [0.2, 0.25) is 0 Å². The summed E-state index contributed by atoms with van der Waals surface area (Å²) in [5, 5.41) is 9.49. The van der Waals surface area contributed by atoms with Crippen LogP contribution in [0.4, 0.5) is 0 Å². The maximum absolute atomic E-state index is 11.5. The number of hydrogen-bond acceptors (Lipinski definition) is 2. The van der Waals surface area contributed by atoms with E-state index in [1.807, 2.05) is 12.1 Å². The van der Waals surface area contributed by atoms with Crippen LogP contribution < -0.4 is 0 Å². The monoisotopic (exact) mass is 401 g/mol. The summed E-state index contributed by atoms with van der Waals surface area (Å²) in [6, 6.07) is 15.0. The van der Waals surface area contributed by atoms with Crippen molar-refractivity contribution in [1.29, 1.82) is 0 Å². The highest BCUT2D eigenvalue weighted by Crippen LogP contribution is 2.36. The van der Waals surface area contributed by atoms with Crippen molar-refractivity contribution in [3.63, 3.8) is 0 Å². The fourth-order valence-electron chi connectivity index (χ4n) is 3.89. The van der Waals surface area contributed by atoms with Gasteiger partial charge in [0, 0.05) is 11.0 Å². The zero-order valence-corrected chi connectivity index (χ0v) is 16.3. The Labute approximate surface area is 157 Å². The van der Waals surface area contributed by atoms with Crippen molar-refractivity contribution >= 4 is 21.9 Å². The molecule has 25 heavy (non-hydrogen) atoms. The lowest BCUT2D eigenvalue weighted by atomic mass is 9.90. The van der Waals surface area contributed by atoms with Crippen LogP contribution in [0.5, 0.6) is 0 Å². The molecular formula is C21H24BrNO2. The number of carbonyl (C=O) groups is 1. The van der Waals surface area contributed by atoms with E-state index in [9.17, 15) is 9.90 Å². The quantitative estimate of drug-likeness (QED) is 0.787. The van der Waals surface area contributed by atoms with Crippen molar-refractivity contribution < 1.29 is 9.90 Å². The molecule has 0 radical (unpaired) electrons. The number of nitrogens with zero attached hydrogens (tertiary/aromatic N) is 1. The first-order valence-corrected chi connectivity index (χ1v) is 9.54. The van der Waals surface area contributed by atoms with E-state index in [2.05, 4.69) is 65.0 Å². The summed E-state index contributed by atoms with van der Waals surface area (Å²) in [5.74, 6) is -0.972. The summed E-state index contributed by atoms with van der Waals surface area (Å²) in [6.07, 6.45) is 1.68. The number of hydrogen-bond donors (Lipinski definition) is 1. The Morgan fingerprint density at radius 1 is 1.20 bits per heavy atom. The molecule has 132 valence electrons. The van der Waals surface area contributed by atoms with Gasteiger partial charge in [0.25, 0.3) is 0 Å². The molecule has 3 rings (SSSR count). The Morgan fingerprint density at radius 2 is 1.88 bits per heavy atom. The number of carboxylic acids is 1. The standard InChI is InChI=1S/C21H24BrNO2/c1-14-10-15(2)12-17(11-14)20(18-7-3-4-8-19(18)22)23-9-5-6-16(13-23)21(24)25/h3-4,7-8,10-12,16,20H,5-6,9,13H2,1-2H3,(H,24,25). The number of aliphatic carboxylic acids is 1. The van der Waals surface area contributed by atoms with Crippen LogP contribution in [0.3, 0.4) is 0 Å². The highest BCUT2D eigenvalue weighted by atomic mass is 79.9. The van der Waals surface area contributed by atoms with Crippen molar-refractivity contribution in [2.75, 3.05) is 13.1 Å². The summed E-state index contributed by atoms with van der Waals surface area (Å²) in [4.78, 5) is 13.9. The number of likely N-dealkylation sites (tertiary alicyclic amines) is 1. The second-order valence-electron chi connectivity index (χ2n) is 7.02. The molecule has 1 aliphatic rings. The van der Waals surface area contributed by atoms with Crippen molar-refractivity contribution in [3.05, 3.63) is 69.2 Å². The summed E-state index contributed by atoms with van der Waals surface area (Å²) in [7, 11) is 0. The average Bonchev–Trinajstić information content (AvgIpc) is 2.56. The molecule has 0 aromatic heterocycles. The molecule has 0 aliphatic carbocycles. The van der Waals surface area contributed by atoms with Gasteiger partial charge in [0.1, 0.15) is 0 Å². The Balaban J connectivity index is 2.06. The fourth-order valence-corrected chi connectivity index (χ4v) is 4.40. The number of aryl methyl sites for hydroxylation is 2. The van der Waals surface area contributed by atoms with Gasteiger partial charge in [0.05, 0.1) is 12.0 Å².